The highest BCUT2D eigenvalue weighted by atomic mass is 16.5. The highest BCUT2D eigenvalue weighted by Gasteiger charge is 2.18. The number of ether oxygens (including phenoxy) is 1. The Labute approximate surface area is 161 Å². The van der Waals surface area contributed by atoms with Gasteiger partial charge in [-0.1, -0.05) is 42.5 Å². The first-order chi connectivity index (χ1) is 12.9. The van der Waals surface area contributed by atoms with E-state index >= 15 is 0 Å². The lowest BCUT2D eigenvalue weighted by molar-refractivity contribution is -0.127. The third-order valence-corrected chi connectivity index (χ3v) is 4.25. The first-order valence-corrected chi connectivity index (χ1v) is 9.16. The van der Waals surface area contributed by atoms with Crippen LogP contribution >= 0.6 is 0 Å². The Balaban J connectivity index is 1.76. The van der Waals surface area contributed by atoms with Crippen LogP contribution in [0.25, 0.3) is 0 Å². The Morgan fingerprint density at radius 3 is 2.52 bits per heavy atom. The molecule has 1 unspecified atom stereocenters. The summed E-state index contributed by atoms with van der Waals surface area (Å²) in [4.78, 5) is 26.0. The zero-order chi connectivity index (χ0) is 19.6. The van der Waals surface area contributed by atoms with Crippen LogP contribution in [-0.2, 0) is 16.0 Å². The number of carbonyl (C=O) groups is 2. The monoisotopic (exact) mass is 368 g/mol. The first-order valence-electron chi connectivity index (χ1n) is 9.16. The van der Waals surface area contributed by atoms with Gasteiger partial charge in [0.1, 0.15) is 12.4 Å². The Morgan fingerprint density at radius 2 is 1.85 bits per heavy atom. The number of rotatable bonds is 10. The normalized spacial score (nSPS) is 11.9. The van der Waals surface area contributed by atoms with Crippen molar-refractivity contribution >= 4 is 11.7 Å². The maximum Gasteiger partial charge on any atom is 0.234 e. The summed E-state index contributed by atoms with van der Waals surface area (Å²) in [6.45, 7) is 4.85. The second-order valence-electron chi connectivity index (χ2n) is 6.82. The number of aryl methyl sites for hydroxylation is 1. The van der Waals surface area contributed by atoms with Gasteiger partial charge in [0.25, 0.3) is 0 Å². The van der Waals surface area contributed by atoms with Crippen molar-refractivity contribution in [3.8, 4) is 5.75 Å². The molecule has 27 heavy (non-hydrogen) atoms. The number of amides is 1. The average Bonchev–Trinajstić information content (AvgIpc) is 2.62. The van der Waals surface area contributed by atoms with Crippen LogP contribution in [0.4, 0.5) is 0 Å². The molecule has 144 valence electrons. The number of Topliss-reactive ketones (excluding diaryl/α,β-unsaturated/α-hetero) is 1. The molecule has 0 aliphatic carbocycles. The Hall–Kier alpha value is -2.66. The van der Waals surface area contributed by atoms with E-state index in [0.717, 1.165) is 16.9 Å². The third-order valence-electron chi connectivity index (χ3n) is 4.25. The molecule has 0 spiro atoms. The number of carbonyl (C=O) groups excluding carboxylic acids is 2. The van der Waals surface area contributed by atoms with Crippen molar-refractivity contribution in [1.29, 1.82) is 0 Å². The van der Waals surface area contributed by atoms with E-state index in [1.807, 2.05) is 73.5 Å². The summed E-state index contributed by atoms with van der Waals surface area (Å²) in [5, 5.41) is 2.84. The fraction of sp³-hybridized carbons (Fsp3) is 0.364. The van der Waals surface area contributed by atoms with Gasteiger partial charge in [-0.25, -0.2) is 0 Å². The molecule has 1 amide bonds. The van der Waals surface area contributed by atoms with E-state index in [1.54, 1.807) is 0 Å². The molecule has 5 heteroatoms. The van der Waals surface area contributed by atoms with Gasteiger partial charge in [0.15, 0.2) is 5.78 Å². The van der Waals surface area contributed by atoms with Crippen LogP contribution in [0.5, 0.6) is 5.75 Å². The fourth-order valence-electron chi connectivity index (χ4n) is 2.73. The summed E-state index contributed by atoms with van der Waals surface area (Å²) in [5.74, 6) is 0.620. The van der Waals surface area contributed by atoms with Crippen LogP contribution < -0.4 is 10.1 Å². The van der Waals surface area contributed by atoms with E-state index in [1.165, 1.54) is 6.92 Å². The molecule has 0 saturated heterocycles. The Bertz CT molecular complexity index is 746. The number of ketones is 1. The van der Waals surface area contributed by atoms with Crippen molar-refractivity contribution in [3.05, 3.63) is 65.7 Å². The van der Waals surface area contributed by atoms with E-state index in [9.17, 15) is 9.59 Å². The number of likely N-dealkylation sites (N-methyl/N-ethyl adjacent to an activating group) is 1. The molecule has 2 rings (SSSR count). The van der Waals surface area contributed by atoms with Crippen molar-refractivity contribution in [2.45, 2.75) is 26.3 Å². The molecule has 0 aromatic heterocycles. The predicted molar refractivity (Wildman–Crippen MR) is 107 cm³/mol. The minimum absolute atomic E-state index is 0.0439. The molecule has 0 heterocycles. The molecule has 0 aliphatic heterocycles. The lowest BCUT2D eigenvalue weighted by atomic mass is 10.0. The molecule has 2 aromatic rings. The van der Waals surface area contributed by atoms with Gasteiger partial charge in [-0.15, -0.1) is 0 Å². The van der Waals surface area contributed by atoms with E-state index in [4.69, 9.17) is 4.74 Å². The lowest BCUT2D eigenvalue weighted by Gasteiger charge is -2.20. The molecule has 2 aromatic carbocycles. The average molecular weight is 368 g/mol. The predicted octanol–water partition coefficient (Wildman–Crippen LogP) is 2.62. The van der Waals surface area contributed by atoms with Crippen molar-refractivity contribution in [2.75, 3.05) is 26.7 Å². The Kier molecular flexibility index (Phi) is 8.01. The zero-order valence-corrected chi connectivity index (χ0v) is 16.3. The smallest absolute Gasteiger partial charge is 0.234 e. The second kappa shape index (κ2) is 10.5. The van der Waals surface area contributed by atoms with Crippen molar-refractivity contribution in [2.24, 2.45) is 0 Å². The maximum absolute atomic E-state index is 12.3. The van der Waals surface area contributed by atoms with Gasteiger partial charge in [0.2, 0.25) is 5.91 Å². The van der Waals surface area contributed by atoms with Gasteiger partial charge in [-0.3, -0.25) is 14.5 Å². The van der Waals surface area contributed by atoms with Crippen LogP contribution in [-0.4, -0.2) is 49.4 Å². The summed E-state index contributed by atoms with van der Waals surface area (Å²) in [5.41, 5.74) is 2.17. The van der Waals surface area contributed by atoms with Gasteiger partial charge < -0.3 is 10.1 Å². The van der Waals surface area contributed by atoms with Crippen LogP contribution in [0.2, 0.25) is 0 Å². The summed E-state index contributed by atoms with van der Waals surface area (Å²) < 4.78 is 5.71. The van der Waals surface area contributed by atoms with E-state index in [0.29, 0.717) is 19.6 Å². The highest BCUT2D eigenvalue weighted by molar-refractivity contribution is 5.88. The highest BCUT2D eigenvalue weighted by Crippen LogP contribution is 2.12. The molecule has 0 aliphatic rings. The molecule has 0 radical (unpaired) electrons. The molecular formula is C22H28N2O3. The lowest BCUT2D eigenvalue weighted by Crippen LogP contribution is -2.45. The van der Waals surface area contributed by atoms with Gasteiger partial charge in [-0.05, 0) is 50.6 Å². The summed E-state index contributed by atoms with van der Waals surface area (Å²) >= 11 is 0. The largest absolute Gasteiger partial charge is 0.492 e. The van der Waals surface area contributed by atoms with Crippen LogP contribution in [0.3, 0.4) is 0 Å². The van der Waals surface area contributed by atoms with Crippen molar-refractivity contribution < 1.29 is 14.3 Å². The van der Waals surface area contributed by atoms with Gasteiger partial charge >= 0.3 is 0 Å². The molecule has 0 fully saturated rings. The number of nitrogens with zero attached hydrogens (tertiary/aromatic N) is 1. The molecule has 0 saturated carbocycles. The first kappa shape index (κ1) is 20.6. The second-order valence-corrected chi connectivity index (χ2v) is 6.82. The molecule has 1 N–H and O–H groups in total. The number of hydrogen-bond acceptors (Lipinski definition) is 4. The fourth-order valence-corrected chi connectivity index (χ4v) is 2.73. The summed E-state index contributed by atoms with van der Waals surface area (Å²) in [7, 11) is 1.86. The maximum atomic E-state index is 12.3. The Morgan fingerprint density at radius 1 is 1.11 bits per heavy atom. The third kappa shape index (κ3) is 7.62. The van der Waals surface area contributed by atoms with Gasteiger partial charge in [-0.2, -0.15) is 0 Å². The van der Waals surface area contributed by atoms with Gasteiger partial charge in [0.05, 0.1) is 12.6 Å². The molecule has 1 atom stereocenters. The summed E-state index contributed by atoms with van der Waals surface area (Å²) in [6.07, 6.45) is 0.502. The van der Waals surface area contributed by atoms with Crippen molar-refractivity contribution in [1.82, 2.24) is 10.2 Å². The van der Waals surface area contributed by atoms with Crippen LogP contribution in [0, 0.1) is 6.92 Å². The molecule has 5 nitrogen and oxygen atoms in total. The quantitative estimate of drug-likeness (QED) is 0.700. The van der Waals surface area contributed by atoms with Crippen molar-refractivity contribution in [3.63, 3.8) is 0 Å². The molecular weight excluding hydrogens is 340 g/mol. The van der Waals surface area contributed by atoms with Crippen LogP contribution in [0.15, 0.2) is 54.6 Å². The summed E-state index contributed by atoms with van der Waals surface area (Å²) in [6, 6.07) is 17.1. The SMILES string of the molecule is CC(=O)C(Cc1ccccc1)NC(=O)CN(C)CCOc1cccc(C)c1. The minimum atomic E-state index is -0.503. The van der Waals surface area contributed by atoms with E-state index in [-0.39, 0.29) is 18.2 Å². The standard InChI is InChI=1S/C22H28N2O3/c1-17-8-7-11-20(14-17)27-13-12-24(3)16-22(26)23-21(18(2)25)15-19-9-5-4-6-10-19/h4-11,14,21H,12-13,15-16H2,1-3H3,(H,23,26). The topological polar surface area (TPSA) is 58.6 Å². The number of hydrogen-bond donors (Lipinski definition) is 1. The molecule has 0 bridgehead atoms. The van der Waals surface area contributed by atoms with Crippen LogP contribution in [0.1, 0.15) is 18.1 Å². The zero-order valence-electron chi connectivity index (χ0n) is 16.3. The van der Waals surface area contributed by atoms with E-state index < -0.39 is 6.04 Å². The van der Waals surface area contributed by atoms with Gasteiger partial charge in [0, 0.05) is 6.54 Å². The number of nitrogens with one attached hydrogen (secondary N) is 1. The van der Waals surface area contributed by atoms with E-state index in [2.05, 4.69) is 5.32 Å². The minimum Gasteiger partial charge on any atom is -0.492 e. The number of benzene rings is 2.